The highest BCUT2D eigenvalue weighted by Crippen LogP contribution is 2.39. The van der Waals surface area contributed by atoms with Crippen molar-refractivity contribution in [2.45, 2.75) is 13.8 Å². The first-order valence-corrected chi connectivity index (χ1v) is 9.17. The number of methoxy groups -OCH3 is 1. The third kappa shape index (κ3) is 3.25. The van der Waals surface area contributed by atoms with E-state index in [9.17, 15) is 5.11 Å². The van der Waals surface area contributed by atoms with Crippen LogP contribution in [0.15, 0.2) is 72.8 Å². The number of aromatic hydroxyl groups is 1. The minimum atomic E-state index is 0.170. The van der Waals surface area contributed by atoms with E-state index in [0.29, 0.717) is 11.4 Å². The molecule has 4 heteroatoms. The quantitative estimate of drug-likeness (QED) is 0.513. The summed E-state index contributed by atoms with van der Waals surface area (Å²) in [7, 11) is 1.64. The third-order valence-electron chi connectivity index (χ3n) is 4.83. The lowest BCUT2D eigenvalue weighted by Gasteiger charge is -2.09. The molecule has 0 aliphatic heterocycles. The van der Waals surface area contributed by atoms with E-state index in [1.54, 1.807) is 11.8 Å². The van der Waals surface area contributed by atoms with Crippen LogP contribution in [0.2, 0.25) is 0 Å². The van der Waals surface area contributed by atoms with Gasteiger partial charge in [-0.05, 0) is 38.1 Å². The molecule has 1 N–H and O–H groups in total. The summed E-state index contributed by atoms with van der Waals surface area (Å²) in [5.41, 5.74) is 6.19. The molecule has 0 unspecified atom stereocenters. The number of aromatic nitrogens is 2. The van der Waals surface area contributed by atoms with Gasteiger partial charge in [0.05, 0.1) is 12.8 Å². The molecule has 3 aromatic carbocycles. The molecule has 0 saturated heterocycles. The fraction of sp³-hybridized carbons (Fsp3) is 0.125. The maximum atomic E-state index is 11.1. The van der Waals surface area contributed by atoms with Gasteiger partial charge < -0.3 is 9.84 Å². The zero-order valence-electron chi connectivity index (χ0n) is 16.2. The Morgan fingerprint density at radius 3 is 1.82 bits per heavy atom. The van der Waals surface area contributed by atoms with Crippen LogP contribution in [-0.2, 0) is 0 Å². The van der Waals surface area contributed by atoms with E-state index in [0.717, 1.165) is 33.7 Å². The second-order valence-corrected chi connectivity index (χ2v) is 6.89. The molecule has 0 aliphatic carbocycles. The van der Waals surface area contributed by atoms with Gasteiger partial charge in [0, 0.05) is 11.1 Å². The standard InChI is InChI=1S/C24H22N2O2/c1-16-4-8-18(9-5-16)22-24(27)23(19-10-6-17(2)7-11-19)26(25-22)20-12-14-21(28-3)15-13-20/h4-15,27H,1-3H3. The van der Waals surface area contributed by atoms with Crippen LogP contribution in [0.1, 0.15) is 11.1 Å². The van der Waals surface area contributed by atoms with Crippen molar-refractivity contribution in [1.29, 1.82) is 0 Å². The summed E-state index contributed by atoms with van der Waals surface area (Å²) >= 11 is 0. The Balaban J connectivity index is 1.93. The number of ether oxygens (including phenoxy) is 1. The van der Waals surface area contributed by atoms with Gasteiger partial charge in [0.25, 0.3) is 0 Å². The van der Waals surface area contributed by atoms with Crippen LogP contribution >= 0.6 is 0 Å². The van der Waals surface area contributed by atoms with Crippen molar-refractivity contribution in [1.82, 2.24) is 9.78 Å². The maximum Gasteiger partial charge on any atom is 0.170 e. The van der Waals surface area contributed by atoms with Gasteiger partial charge in [-0.25, -0.2) is 4.68 Å². The second kappa shape index (κ2) is 7.24. The van der Waals surface area contributed by atoms with Crippen molar-refractivity contribution in [3.63, 3.8) is 0 Å². The number of hydrogen-bond donors (Lipinski definition) is 1. The van der Waals surface area contributed by atoms with E-state index in [1.807, 2.05) is 86.6 Å². The van der Waals surface area contributed by atoms with Crippen LogP contribution in [0.25, 0.3) is 28.2 Å². The van der Waals surface area contributed by atoms with Crippen LogP contribution in [0, 0.1) is 13.8 Å². The molecule has 0 aliphatic rings. The summed E-state index contributed by atoms with van der Waals surface area (Å²) in [5.74, 6) is 0.944. The number of rotatable bonds is 4. The molecule has 28 heavy (non-hydrogen) atoms. The minimum Gasteiger partial charge on any atom is -0.504 e. The Labute approximate surface area is 164 Å². The Morgan fingerprint density at radius 2 is 1.29 bits per heavy atom. The summed E-state index contributed by atoms with van der Waals surface area (Å²) in [6.45, 7) is 4.08. The zero-order valence-corrected chi connectivity index (χ0v) is 16.2. The van der Waals surface area contributed by atoms with Crippen LogP contribution in [0.5, 0.6) is 11.5 Å². The van der Waals surface area contributed by atoms with Gasteiger partial charge in [-0.2, -0.15) is 5.10 Å². The molecule has 0 atom stereocenters. The minimum absolute atomic E-state index is 0.170. The normalized spacial score (nSPS) is 10.8. The van der Waals surface area contributed by atoms with Gasteiger partial charge in [0.2, 0.25) is 0 Å². The van der Waals surface area contributed by atoms with Crippen molar-refractivity contribution in [3.8, 4) is 39.7 Å². The van der Waals surface area contributed by atoms with Crippen molar-refractivity contribution in [2.75, 3.05) is 7.11 Å². The summed E-state index contributed by atoms with van der Waals surface area (Å²) in [6.07, 6.45) is 0. The van der Waals surface area contributed by atoms with Gasteiger partial charge in [-0.15, -0.1) is 0 Å². The highest BCUT2D eigenvalue weighted by Gasteiger charge is 2.21. The van der Waals surface area contributed by atoms with Crippen molar-refractivity contribution in [2.24, 2.45) is 0 Å². The average molecular weight is 370 g/mol. The number of aryl methyl sites for hydroxylation is 2. The predicted molar refractivity (Wildman–Crippen MR) is 112 cm³/mol. The molecule has 0 bridgehead atoms. The molecule has 1 aromatic heterocycles. The summed E-state index contributed by atoms with van der Waals surface area (Å²) in [5, 5.41) is 15.9. The van der Waals surface area contributed by atoms with Gasteiger partial charge in [0.15, 0.2) is 5.75 Å². The van der Waals surface area contributed by atoms with Crippen molar-refractivity contribution >= 4 is 0 Å². The van der Waals surface area contributed by atoms with Gasteiger partial charge in [0.1, 0.15) is 17.1 Å². The molecule has 140 valence electrons. The molecule has 0 spiro atoms. The summed E-state index contributed by atoms with van der Waals surface area (Å²) in [6, 6.07) is 23.7. The molecule has 4 aromatic rings. The molecule has 0 fully saturated rings. The molecular formula is C24H22N2O2. The SMILES string of the molecule is COc1ccc(-n2nc(-c3ccc(C)cc3)c(O)c2-c2ccc(C)cc2)cc1. The van der Waals surface area contributed by atoms with Crippen molar-refractivity contribution < 1.29 is 9.84 Å². The van der Waals surface area contributed by atoms with Crippen LogP contribution in [0.3, 0.4) is 0 Å². The predicted octanol–water partition coefficient (Wildman–Crippen LogP) is 5.54. The van der Waals surface area contributed by atoms with E-state index in [1.165, 1.54) is 0 Å². The van der Waals surface area contributed by atoms with Crippen LogP contribution in [0.4, 0.5) is 0 Å². The number of hydrogen-bond acceptors (Lipinski definition) is 3. The van der Waals surface area contributed by atoms with E-state index in [-0.39, 0.29) is 5.75 Å². The summed E-state index contributed by atoms with van der Waals surface area (Å²) < 4.78 is 7.05. The highest BCUT2D eigenvalue weighted by atomic mass is 16.5. The smallest absolute Gasteiger partial charge is 0.170 e. The number of nitrogens with zero attached hydrogens (tertiary/aromatic N) is 2. The van der Waals surface area contributed by atoms with E-state index in [2.05, 4.69) is 0 Å². The Morgan fingerprint density at radius 1 is 0.750 bits per heavy atom. The largest absolute Gasteiger partial charge is 0.504 e. The lowest BCUT2D eigenvalue weighted by atomic mass is 10.1. The monoisotopic (exact) mass is 370 g/mol. The third-order valence-corrected chi connectivity index (χ3v) is 4.83. The second-order valence-electron chi connectivity index (χ2n) is 6.89. The molecule has 0 radical (unpaired) electrons. The molecule has 4 nitrogen and oxygen atoms in total. The van der Waals surface area contributed by atoms with Gasteiger partial charge >= 0.3 is 0 Å². The Bertz CT molecular complexity index is 1090. The van der Waals surface area contributed by atoms with Crippen molar-refractivity contribution in [3.05, 3.63) is 83.9 Å². The van der Waals surface area contributed by atoms with E-state index < -0.39 is 0 Å². The Kier molecular flexibility index (Phi) is 4.62. The molecule has 0 amide bonds. The van der Waals surface area contributed by atoms with E-state index >= 15 is 0 Å². The van der Waals surface area contributed by atoms with Crippen LogP contribution < -0.4 is 4.74 Å². The number of benzene rings is 3. The van der Waals surface area contributed by atoms with Crippen LogP contribution in [-0.4, -0.2) is 22.0 Å². The average Bonchev–Trinajstić information content (AvgIpc) is 3.06. The Hall–Kier alpha value is -3.53. The fourth-order valence-corrected chi connectivity index (χ4v) is 3.20. The van der Waals surface area contributed by atoms with Gasteiger partial charge in [-0.1, -0.05) is 59.7 Å². The summed E-state index contributed by atoms with van der Waals surface area (Å²) in [4.78, 5) is 0. The topological polar surface area (TPSA) is 47.3 Å². The first-order chi connectivity index (χ1) is 13.6. The first-order valence-electron chi connectivity index (χ1n) is 9.17. The molecule has 0 saturated carbocycles. The lowest BCUT2D eigenvalue weighted by Crippen LogP contribution is -1.99. The maximum absolute atomic E-state index is 11.1. The zero-order chi connectivity index (χ0) is 19.7. The first kappa shape index (κ1) is 17.9. The fourth-order valence-electron chi connectivity index (χ4n) is 3.20. The molecule has 1 heterocycles. The lowest BCUT2D eigenvalue weighted by molar-refractivity contribution is 0.414. The molecular weight excluding hydrogens is 348 g/mol. The van der Waals surface area contributed by atoms with E-state index in [4.69, 9.17) is 9.84 Å². The van der Waals surface area contributed by atoms with Gasteiger partial charge in [-0.3, -0.25) is 0 Å². The molecule has 4 rings (SSSR count). The highest BCUT2D eigenvalue weighted by molar-refractivity contribution is 5.79.